The van der Waals surface area contributed by atoms with Crippen LogP contribution in [0.25, 0.3) is 5.57 Å². The summed E-state index contributed by atoms with van der Waals surface area (Å²) < 4.78 is 6.07. The predicted molar refractivity (Wildman–Crippen MR) is 132 cm³/mol. The molecule has 1 aliphatic heterocycles. The van der Waals surface area contributed by atoms with E-state index in [1.54, 1.807) is 12.1 Å². The molecule has 7 heteroatoms. The Kier molecular flexibility index (Phi) is 7.74. The fraction of sp³-hybridized carbons (Fsp3) is 0.385. The maximum Gasteiger partial charge on any atom is 0.252 e. The van der Waals surface area contributed by atoms with Crippen molar-refractivity contribution in [1.29, 1.82) is 0 Å². The first kappa shape index (κ1) is 23.8. The van der Waals surface area contributed by atoms with Gasteiger partial charge in [-0.15, -0.1) is 0 Å². The number of halogens is 2. The molecule has 1 heterocycles. The summed E-state index contributed by atoms with van der Waals surface area (Å²) in [6.45, 7) is 5.47. The molecule has 0 saturated carbocycles. The zero-order valence-corrected chi connectivity index (χ0v) is 20.2. The first-order valence-electron chi connectivity index (χ1n) is 11.3. The molecular formula is C26H28Cl2N2O3. The standard InChI is InChI=1S/C26H28Cl2N2O3/c1-17(15-29-26(32)23-13-19(31)12-18-4-2-3-5-22(18)23)16-30-10-8-20(9-11-30)33-21-6-7-24(27)25(28)14-21/h2-7,13-14,17,20H,8-12,15-16H2,1H3,(H,29,32)/t17-/m1/s1. The van der Waals surface area contributed by atoms with E-state index < -0.39 is 0 Å². The van der Waals surface area contributed by atoms with Gasteiger partial charge in [0.2, 0.25) is 0 Å². The van der Waals surface area contributed by atoms with Gasteiger partial charge in [-0.05, 0) is 48.1 Å². The van der Waals surface area contributed by atoms with E-state index in [4.69, 9.17) is 27.9 Å². The van der Waals surface area contributed by atoms with Gasteiger partial charge in [0.15, 0.2) is 5.78 Å². The lowest BCUT2D eigenvalue weighted by Crippen LogP contribution is -2.42. The van der Waals surface area contributed by atoms with Crippen LogP contribution in [-0.2, 0) is 16.0 Å². The summed E-state index contributed by atoms with van der Waals surface area (Å²) >= 11 is 12.0. The molecule has 0 unspecified atom stereocenters. The summed E-state index contributed by atoms with van der Waals surface area (Å²) in [5.74, 6) is 0.821. The van der Waals surface area contributed by atoms with Crippen LogP contribution in [0, 0.1) is 5.92 Å². The number of likely N-dealkylation sites (tertiary alicyclic amines) is 1. The molecule has 2 aromatic carbocycles. The number of ketones is 1. The zero-order chi connectivity index (χ0) is 23.4. The van der Waals surface area contributed by atoms with Crippen LogP contribution in [-0.4, -0.2) is 48.9 Å². The third-order valence-corrected chi connectivity index (χ3v) is 6.87. The van der Waals surface area contributed by atoms with Gasteiger partial charge in [0.1, 0.15) is 11.9 Å². The Hall–Kier alpha value is -2.34. The molecule has 0 aromatic heterocycles. The van der Waals surface area contributed by atoms with E-state index in [2.05, 4.69) is 17.1 Å². The molecule has 0 bridgehead atoms. The van der Waals surface area contributed by atoms with Crippen LogP contribution in [0.3, 0.4) is 0 Å². The maximum absolute atomic E-state index is 12.8. The zero-order valence-electron chi connectivity index (χ0n) is 18.7. The Labute approximate surface area is 204 Å². The van der Waals surface area contributed by atoms with Gasteiger partial charge in [0.05, 0.1) is 15.6 Å². The van der Waals surface area contributed by atoms with Crippen LogP contribution in [0.5, 0.6) is 5.75 Å². The molecular weight excluding hydrogens is 459 g/mol. The molecule has 1 atom stereocenters. The molecule has 2 aromatic rings. The number of ether oxygens (including phenoxy) is 1. The number of carbonyl (C=O) groups excluding carboxylic acids is 2. The van der Waals surface area contributed by atoms with Crippen LogP contribution in [0.2, 0.25) is 10.0 Å². The second-order valence-electron chi connectivity index (χ2n) is 8.87. The second kappa shape index (κ2) is 10.7. The van der Waals surface area contributed by atoms with Crippen molar-refractivity contribution >= 4 is 40.5 Å². The Morgan fingerprint density at radius 3 is 2.67 bits per heavy atom. The van der Waals surface area contributed by atoms with Gasteiger partial charge < -0.3 is 15.0 Å². The summed E-state index contributed by atoms with van der Waals surface area (Å²) in [7, 11) is 0. The summed E-state index contributed by atoms with van der Waals surface area (Å²) in [5, 5.41) is 4.04. The Morgan fingerprint density at radius 1 is 1.15 bits per heavy atom. The van der Waals surface area contributed by atoms with Crippen molar-refractivity contribution < 1.29 is 14.3 Å². The number of fused-ring (bicyclic) bond motifs is 1. The van der Waals surface area contributed by atoms with Crippen molar-refractivity contribution in [3.63, 3.8) is 0 Å². The van der Waals surface area contributed by atoms with Crippen LogP contribution in [0.4, 0.5) is 0 Å². The molecule has 1 saturated heterocycles. The Balaban J connectivity index is 1.22. The molecule has 33 heavy (non-hydrogen) atoms. The summed E-state index contributed by atoms with van der Waals surface area (Å²) in [5.41, 5.74) is 2.23. The van der Waals surface area contributed by atoms with Crippen molar-refractivity contribution in [2.45, 2.75) is 32.3 Å². The average molecular weight is 487 g/mol. The summed E-state index contributed by atoms with van der Waals surface area (Å²) in [4.78, 5) is 27.2. The summed E-state index contributed by atoms with van der Waals surface area (Å²) in [6.07, 6.45) is 3.86. The fourth-order valence-corrected chi connectivity index (χ4v) is 4.71. The number of allylic oxidation sites excluding steroid dienone is 1. The lowest BCUT2D eigenvalue weighted by atomic mass is 9.89. The molecule has 0 spiro atoms. The number of nitrogens with one attached hydrogen (secondary N) is 1. The number of carbonyl (C=O) groups is 2. The minimum Gasteiger partial charge on any atom is -0.490 e. The highest BCUT2D eigenvalue weighted by molar-refractivity contribution is 6.42. The topological polar surface area (TPSA) is 58.6 Å². The van der Waals surface area contributed by atoms with E-state index in [1.165, 1.54) is 6.08 Å². The van der Waals surface area contributed by atoms with Gasteiger partial charge in [-0.3, -0.25) is 9.59 Å². The number of rotatable bonds is 7. The van der Waals surface area contributed by atoms with Crippen molar-refractivity contribution in [1.82, 2.24) is 10.2 Å². The van der Waals surface area contributed by atoms with E-state index in [0.717, 1.165) is 49.4 Å². The average Bonchev–Trinajstić information content (AvgIpc) is 2.80. The minimum absolute atomic E-state index is 0.0298. The van der Waals surface area contributed by atoms with E-state index in [-0.39, 0.29) is 23.7 Å². The predicted octanol–water partition coefficient (Wildman–Crippen LogP) is 4.80. The number of nitrogens with zero attached hydrogens (tertiary/aromatic N) is 1. The largest absolute Gasteiger partial charge is 0.490 e. The normalized spacial score (nSPS) is 17.8. The lowest BCUT2D eigenvalue weighted by Gasteiger charge is -2.33. The second-order valence-corrected chi connectivity index (χ2v) is 9.68. The van der Waals surface area contributed by atoms with Gasteiger partial charge in [0.25, 0.3) is 5.91 Å². The highest BCUT2D eigenvalue weighted by Crippen LogP contribution is 2.28. The monoisotopic (exact) mass is 486 g/mol. The van der Waals surface area contributed by atoms with Crippen molar-refractivity contribution in [3.05, 3.63) is 69.7 Å². The molecule has 1 aliphatic carbocycles. The number of hydrogen-bond donors (Lipinski definition) is 1. The molecule has 1 amide bonds. The number of amides is 1. The van der Waals surface area contributed by atoms with Crippen molar-refractivity contribution in [3.8, 4) is 5.75 Å². The van der Waals surface area contributed by atoms with Gasteiger partial charge in [-0.1, -0.05) is 54.4 Å². The van der Waals surface area contributed by atoms with E-state index in [0.29, 0.717) is 28.6 Å². The van der Waals surface area contributed by atoms with Crippen LogP contribution < -0.4 is 10.1 Å². The smallest absolute Gasteiger partial charge is 0.252 e. The minimum atomic E-state index is -0.184. The van der Waals surface area contributed by atoms with Crippen LogP contribution >= 0.6 is 23.2 Å². The Morgan fingerprint density at radius 2 is 1.91 bits per heavy atom. The molecule has 5 nitrogen and oxygen atoms in total. The third-order valence-electron chi connectivity index (χ3n) is 6.13. The molecule has 0 radical (unpaired) electrons. The maximum atomic E-state index is 12.8. The quantitative estimate of drug-likeness (QED) is 0.610. The molecule has 2 aliphatic rings. The third kappa shape index (κ3) is 6.17. The molecule has 174 valence electrons. The van der Waals surface area contributed by atoms with E-state index >= 15 is 0 Å². The first-order valence-corrected chi connectivity index (χ1v) is 12.1. The van der Waals surface area contributed by atoms with Gasteiger partial charge in [-0.25, -0.2) is 0 Å². The first-order chi connectivity index (χ1) is 15.9. The lowest BCUT2D eigenvalue weighted by molar-refractivity contribution is -0.117. The molecule has 1 N–H and O–H groups in total. The number of piperidine rings is 1. The SMILES string of the molecule is C[C@H](CNC(=O)C1=CC(=O)Cc2ccccc21)CN1CCC(Oc2ccc(Cl)c(Cl)c2)CC1. The van der Waals surface area contributed by atoms with Gasteiger partial charge in [0, 0.05) is 38.7 Å². The van der Waals surface area contributed by atoms with Crippen molar-refractivity contribution in [2.75, 3.05) is 26.2 Å². The highest BCUT2D eigenvalue weighted by Gasteiger charge is 2.24. The fourth-order valence-electron chi connectivity index (χ4n) is 4.42. The van der Waals surface area contributed by atoms with Gasteiger partial charge in [-0.2, -0.15) is 0 Å². The van der Waals surface area contributed by atoms with Crippen LogP contribution in [0.1, 0.15) is 30.9 Å². The Bertz CT molecular complexity index is 1060. The van der Waals surface area contributed by atoms with Crippen molar-refractivity contribution in [2.24, 2.45) is 5.92 Å². The number of hydrogen-bond acceptors (Lipinski definition) is 4. The summed E-state index contributed by atoms with van der Waals surface area (Å²) in [6, 6.07) is 13.0. The molecule has 1 fully saturated rings. The molecule has 4 rings (SSSR count). The van der Waals surface area contributed by atoms with E-state index in [1.807, 2.05) is 30.3 Å². The highest BCUT2D eigenvalue weighted by atomic mass is 35.5. The van der Waals surface area contributed by atoms with E-state index in [9.17, 15) is 9.59 Å². The number of benzene rings is 2. The van der Waals surface area contributed by atoms with Gasteiger partial charge >= 0.3 is 0 Å². The van der Waals surface area contributed by atoms with Crippen LogP contribution in [0.15, 0.2) is 48.5 Å².